The Hall–Kier alpha value is -4.16. The number of pyridine rings is 1. The minimum Gasteiger partial charge on any atom is -0.463 e. The Kier molecular flexibility index (Phi) is 7.03. The molecule has 0 aliphatic carbocycles. The lowest BCUT2D eigenvalue weighted by molar-refractivity contribution is -0.145. The lowest BCUT2D eigenvalue weighted by atomic mass is 10.2. The molecule has 9 nitrogen and oxygen atoms in total. The van der Waals surface area contributed by atoms with Crippen molar-refractivity contribution in [2.24, 2.45) is 0 Å². The summed E-state index contributed by atoms with van der Waals surface area (Å²) in [7, 11) is 0. The van der Waals surface area contributed by atoms with Crippen LogP contribution < -0.4 is 20.7 Å². The molecule has 2 aromatic heterocycles. The number of ether oxygens (including phenoxy) is 3. The summed E-state index contributed by atoms with van der Waals surface area (Å²) >= 11 is 0. The maximum atomic E-state index is 14.6. The van der Waals surface area contributed by atoms with Crippen LogP contribution >= 0.6 is 0 Å². The highest BCUT2D eigenvalue weighted by Crippen LogP contribution is 2.33. The number of esters is 1. The normalized spacial score (nSPS) is 11.2. The third kappa shape index (κ3) is 5.42. The van der Waals surface area contributed by atoms with Gasteiger partial charge in [0.05, 0.1) is 12.3 Å². The van der Waals surface area contributed by atoms with Gasteiger partial charge in [-0.1, -0.05) is 0 Å². The van der Waals surface area contributed by atoms with Crippen molar-refractivity contribution in [3.63, 3.8) is 0 Å². The van der Waals surface area contributed by atoms with Crippen LogP contribution in [0.2, 0.25) is 0 Å². The zero-order chi connectivity index (χ0) is 25.0. The smallest absolute Gasteiger partial charge is 0.431 e. The van der Waals surface area contributed by atoms with Gasteiger partial charge >= 0.3 is 17.8 Å². The number of nitrogens with one attached hydrogen (secondary N) is 1. The van der Waals surface area contributed by atoms with Gasteiger partial charge in [-0.2, -0.15) is 13.2 Å². The number of aromatic amines is 1. The average Bonchev–Trinajstić information content (AvgIpc) is 2.75. The van der Waals surface area contributed by atoms with Gasteiger partial charge in [0.1, 0.15) is 17.3 Å². The second kappa shape index (κ2) is 9.77. The van der Waals surface area contributed by atoms with Gasteiger partial charge in [0.15, 0.2) is 12.4 Å². The Morgan fingerprint density at radius 3 is 2.56 bits per heavy atom. The fourth-order valence-corrected chi connectivity index (χ4v) is 2.81. The highest BCUT2D eigenvalue weighted by Gasteiger charge is 2.33. The Bertz CT molecular complexity index is 1300. The van der Waals surface area contributed by atoms with Crippen molar-refractivity contribution in [3.8, 4) is 23.1 Å². The molecule has 0 amide bonds. The maximum absolute atomic E-state index is 14.6. The number of nitrogens with zero attached hydrogens (tertiary/aromatic N) is 2. The number of carbonyl (C=O) groups excluding carboxylic acids is 1. The molecule has 0 atom stereocenters. The molecule has 13 heteroatoms. The fraction of sp³-hybridized carbons (Fsp3) is 0.238. The minimum atomic E-state index is -4.97. The van der Waals surface area contributed by atoms with E-state index in [0.717, 1.165) is 12.1 Å². The van der Waals surface area contributed by atoms with E-state index >= 15 is 0 Å². The molecule has 0 aliphatic heterocycles. The molecule has 0 aliphatic rings. The van der Waals surface area contributed by atoms with Gasteiger partial charge in [0.25, 0.3) is 11.4 Å². The predicted molar refractivity (Wildman–Crippen MR) is 109 cm³/mol. The lowest BCUT2D eigenvalue weighted by Gasteiger charge is -2.15. The molecule has 0 fully saturated rings. The lowest BCUT2D eigenvalue weighted by Crippen LogP contribution is -2.36. The van der Waals surface area contributed by atoms with E-state index in [1.54, 1.807) is 6.92 Å². The van der Waals surface area contributed by atoms with E-state index in [0.29, 0.717) is 0 Å². The zero-order valence-corrected chi connectivity index (χ0v) is 17.7. The number of H-pyrrole nitrogens is 1. The molecule has 0 saturated carbocycles. The number of hydrogen-bond donors (Lipinski definition) is 1. The van der Waals surface area contributed by atoms with Crippen LogP contribution in [0.1, 0.15) is 18.2 Å². The van der Waals surface area contributed by atoms with E-state index < -0.39 is 47.2 Å². The van der Waals surface area contributed by atoms with Crippen LogP contribution in [0, 0.1) is 12.7 Å². The van der Waals surface area contributed by atoms with Gasteiger partial charge in [-0.05, 0) is 37.6 Å². The van der Waals surface area contributed by atoms with Crippen molar-refractivity contribution >= 4 is 5.97 Å². The Balaban J connectivity index is 2.00. The SMILES string of the molecule is CCOC(=O)COc1ncccc1Oc1cc(-n2c(=O)cc(C(F)(F)F)[nH]c2=O)c(F)cc1C. The fourth-order valence-electron chi connectivity index (χ4n) is 2.81. The Labute approximate surface area is 188 Å². The molecule has 0 saturated heterocycles. The summed E-state index contributed by atoms with van der Waals surface area (Å²) in [5.74, 6) is -1.87. The second-order valence-electron chi connectivity index (χ2n) is 6.73. The van der Waals surface area contributed by atoms with E-state index in [1.807, 2.05) is 0 Å². The molecule has 3 rings (SSSR count). The van der Waals surface area contributed by atoms with Gasteiger partial charge < -0.3 is 19.2 Å². The summed E-state index contributed by atoms with van der Waals surface area (Å²) in [5, 5.41) is 0. The highest BCUT2D eigenvalue weighted by molar-refractivity contribution is 5.71. The molecular formula is C21H17F4N3O6. The van der Waals surface area contributed by atoms with Crippen molar-refractivity contribution in [1.29, 1.82) is 0 Å². The maximum Gasteiger partial charge on any atom is 0.431 e. The first-order valence-corrected chi connectivity index (χ1v) is 9.66. The summed E-state index contributed by atoms with van der Waals surface area (Å²) in [6, 6.07) is 4.95. The van der Waals surface area contributed by atoms with Crippen molar-refractivity contribution in [2.75, 3.05) is 13.2 Å². The number of rotatable bonds is 7. The summed E-state index contributed by atoms with van der Waals surface area (Å²) in [6.45, 7) is 2.76. The molecule has 0 radical (unpaired) electrons. The predicted octanol–water partition coefficient (Wildman–Crippen LogP) is 3.12. The van der Waals surface area contributed by atoms with E-state index in [2.05, 4.69) is 4.98 Å². The van der Waals surface area contributed by atoms with Crippen LogP contribution in [0.3, 0.4) is 0 Å². The first kappa shape index (κ1) is 24.5. The van der Waals surface area contributed by atoms with Gasteiger partial charge in [0, 0.05) is 18.3 Å². The number of carbonyl (C=O) groups is 1. The molecule has 0 bridgehead atoms. The topological polar surface area (TPSA) is 113 Å². The first-order chi connectivity index (χ1) is 16.0. The number of hydrogen-bond acceptors (Lipinski definition) is 7. The molecule has 0 unspecified atom stereocenters. The number of aryl methyl sites for hydroxylation is 1. The Morgan fingerprint density at radius 1 is 1.18 bits per heavy atom. The second-order valence-corrected chi connectivity index (χ2v) is 6.73. The minimum absolute atomic E-state index is 0.00105. The molecule has 1 N–H and O–H groups in total. The van der Waals surface area contributed by atoms with E-state index in [-0.39, 0.29) is 40.2 Å². The van der Waals surface area contributed by atoms with Crippen LogP contribution in [0.5, 0.6) is 17.4 Å². The molecule has 0 spiro atoms. The van der Waals surface area contributed by atoms with Crippen molar-refractivity contribution in [1.82, 2.24) is 14.5 Å². The number of halogens is 4. The molecule has 3 aromatic rings. The standard InChI is InChI=1S/C21H17F4N3O6/c1-3-32-18(30)10-33-19-14(5-4-6-26-19)34-15-8-13(12(22)7-11(15)2)28-17(29)9-16(21(23,24)25)27-20(28)31/h4-9H,3,10H2,1-2H3,(H,27,31). The average molecular weight is 483 g/mol. The largest absolute Gasteiger partial charge is 0.463 e. The van der Waals surface area contributed by atoms with Gasteiger partial charge in [0.2, 0.25) is 0 Å². The molecule has 180 valence electrons. The molecular weight excluding hydrogens is 466 g/mol. The van der Waals surface area contributed by atoms with Crippen molar-refractivity contribution < 1.29 is 36.6 Å². The van der Waals surface area contributed by atoms with Crippen LogP contribution in [0.15, 0.2) is 46.1 Å². The van der Waals surface area contributed by atoms with Gasteiger partial charge in [-0.25, -0.2) is 23.5 Å². The first-order valence-electron chi connectivity index (χ1n) is 9.66. The number of aromatic nitrogens is 3. The third-order valence-corrected chi connectivity index (χ3v) is 4.31. The summed E-state index contributed by atoms with van der Waals surface area (Å²) < 4.78 is 69.1. The van der Waals surface area contributed by atoms with Gasteiger partial charge in [-0.3, -0.25) is 4.79 Å². The summed E-state index contributed by atoms with van der Waals surface area (Å²) in [6.07, 6.45) is -3.62. The molecule has 1 aromatic carbocycles. The van der Waals surface area contributed by atoms with Gasteiger partial charge in [-0.15, -0.1) is 0 Å². The van der Waals surface area contributed by atoms with Crippen LogP contribution in [-0.4, -0.2) is 33.7 Å². The van der Waals surface area contributed by atoms with E-state index in [1.165, 1.54) is 30.2 Å². The number of benzene rings is 1. The van der Waals surface area contributed by atoms with Crippen LogP contribution in [0.4, 0.5) is 17.6 Å². The van der Waals surface area contributed by atoms with Crippen LogP contribution in [0.25, 0.3) is 5.69 Å². The van der Waals surface area contributed by atoms with E-state index in [9.17, 15) is 31.9 Å². The van der Waals surface area contributed by atoms with Crippen molar-refractivity contribution in [2.45, 2.75) is 20.0 Å². The highest BCUT2D eigenvalue weighted by atomic mass is 19.4. The van der Waals surface area contributed by atoms with E-state index in [4.69, 9.17) is 14.2 Å². The molecule has 34 heavy (non-hydrogen) atoms. The quantitative estimate of drug-likeness (QED) is 0.406. The third-order valence-electron chi connectivity index (χ3n) is 4.31. The number of alkyl halides is 3. The zero-order valence-electron chi connectivity index (χ0n) is 17.7. The summed E-state index contributed by atoms with van der Waals surface area (Å²) in [4.78, 5) is 41.4. The monoisotopic (exact) mass is 483 g/mol. The van der Waals surface area contributed by atoms with Crippen LogP contribution in [-0.2, 0) is 15.7 Å². The Morgan fingerprint density at radius 2 is 1.91 bits per heavy atom. The summed E-state index contributed by atoms with van der Waals surface area (Å²) in [5.41, 5.74) is -4.88. The van der Waals surface area contributed by atoms with Crippen molar-refractivity contribution in [3.05, 3.63) is 74.4 Å². The molecule has 2 heterocycles.